The van der Waals surface area contributed by atoms with Crippen LogP contribution in [0.4, 0.5) is 5.69 Å². The molecule has 0 saturated carbocycles. The molecule has 1 aliphatic heterocycles. The van der Waals surface area contributed by atoms with Crippen molar-refractivity contribution in [2.24, 2.45) is 5.92 Å². The minimum atomic E-state index is -0.367. The van der Waals surface area contributed by atoms with E-state index in [-0.39, 0.29) is 36.8 Å². The molecule has 2 N–H and O–H groups in total. The van der Waals surface area contributed by atoms with E-state index in [1.807, 2.05) is 19.9 Å². The highest BCUT2D eigenvalue weighted by atomic mass is 35.5. The zero-order chi connectivity index (χ0) is 17.0. The summed E-state index contributed by atoms with van der Waals surface area (Å²) >= 11 is 6.02. The highest BCUT2D eigenvalue weighted by molar-refractivity contribution is 6.31. The van der Waals surface area contributed by atoms with Gasteiger partial charge in [0.25, 0.3) is 0 Å². The normalized spacial score (nSPS) is 19.0. The predicted molar refractivity (Wildman–Crippen MR) is 90.6 cm³/mol. The Morgan fingerprint density at radius 3 is 2.91 bits per heavy atom. The fourth-order valence-electron chi connectivity index (χ4n) is 2.84. The van der Waals surface area contributed by atoms with Crippen LogP contribution in [0.5, 0.6) is 0 Å². The van der Waals surface area contributed by atoms with Crippen LogP contribution in [0.2, 0.25) is 5.02 Å². The van der Waals surface area contributed by atoms with Crippen molar-refractivity contribution < 1.29 is 14.7 Å². The van der Waals surface area contributed by atoms with E-state index in [0.717, 1.165) is 17.7 Å². The van der Waals surface area contributed by atoms with Crippen molar-refractivity contribution in [3.8, 4) is 0 Å². The molecule has 126 valence electrons. The number of aliphatic hydroxyl groups excluding tert-OH is 1. The van der Waals surface area contributed by atoms with Crippen LogP contribution in [-0.2, 0) is 9.59 Å². The first-order valence-corrected chi connectivity index (χ1v) is 8.31. The van der Waals surface area contributed by atoms with Gasteiger partial charge in [-0.15, -0.1) is 0 Å². The van der Waals surface area contributed by atoms with Gasteiger partial charge in [0.1, 0.15) is 0 Å². The summed E-state index contributed by atoms with van der Waals surface area (Å²) in [5.41, 5.74) is 1.72. The third-order valence-electron chi connectivity index (χ3n) is 4.27. The number of nitrogens with one attached hydrogen (secondary N) is 1. The first-order chi connectivity index (χ1) is 11.0. The quantitative estimate of drug-likeness (QED) is 0.836. The lowest BCUT2D eigenvalue weighted by atomic mass is 10.1. The molecular weight excluding hydrogens is 316 g/mol. The first kappa shape index (κ1) is 17.8. The molecular formula is C17H23ClN2O3. The summed E-state index contributed by atoms with van der Waals surface area (Å²) < 4.78 is 0. The summed E-state index contributed by atoms with van der Waals surface area (Å²) in [5, 5.41) is 12.5. The maximum absolute atomic E-state index is 12.4. The van der Waals surface area contributed by atoms with E-state index in [2.05, 4.69) is 5.32 Å². The fraction of sp³-hybridized carbons (Fsp3) is 0.529. The smallest absolute Gasteiger partial charge is 0.227 e. The molecule has 1 aliphatic rings. The van der Waals surface area contributed by atoms with Gasteiger partial charge in [-0.2, -0.15) is 0 Å². The largest absolute Gasteiger partial charge is 0.396 e. The number of carbonyl (C=O) groups is 2. The van der Waals surface area contributed by atoms with Gasteiger partial charge in [-0.25, -0.2) is 0 Å². The summed E-state index contributed by atoms with van der Waals surface area (Å²) in [4.78, 5) is 26.3. The Hall–Kier alpha value is -1.59. The van der Waals surface area contributed by atoms with Gasteiger partial charge in [0.15, 0.2) is 0 Å². The Morgan fingerprint density at radius 2 is 2.26 bits per heavy atom. The molecule has 2 unspecified atom stereocenters. The lowest BCUT2D eigenvalue weighted by Crippen LogP contribution is -2.40. The van der Waals surface area contributed by atoms with E-state index in [0.29, 0.717) is 18.0 Å². The summed E-state index contributed by atoms with van der Waals surface area (Å²) in [5.74, 6) is -0.555. The zero-order valence-corrected chi connectivity index (χ0v) is 14.3. The summed E-state index contributed by atoms with van der Waals surface area (Å²) in [6, 6.07) is 5.36. The molecule has 6 heteroatoms. The van der Waals surface area contributed by atoms with Gasteiger partial charge in [0.2, 0.25) is 11.8 Å². The van der Waals surface area contributed by atoms with Gasteiger partial charge in [-0.05, 0) is 37.5 Å². The number of halogens is 1. The number of hydrogen-bond donors (Lipinski definition) is 2. The van der Waals surface area contributed by atoms with Crippen molar-refractivity contribution in [2.75, 3.05) is 18.1 Å². The molecule has 1 heterocycles. The van der Waals surface area contributed by atoms with E-state index in [4.69, 9.17) is 16.7 Å². The molecule has 0 bridgehead atoms. The number of hydrogen-bond acceptors (Lipinski definition) is 3. The second kappa shape index (κ2) is 7.79. The van der Waals surface area contributed by atoms with Gasteiger partial charge >= 0.3 is 0 Å². The molecule has 1 aromatic carbocycles. The first-order valence-electron chi connectivity index (χ1n) is 7.94. The maximum atomic E-state index is 12.4. The molecule has 2 atom stereocenters. The Morgan fingerprint density at radius 1 is 1.52 bits per heavy atom. The second-order valence-corrected chi connectivity index (χ2v) is 6.40. The van der Waals surface area contributed by atoms with Gasteiger partial charge in [0.05, 0.1) is 5.92 Å². The van der Waals surface area contributed by atoms with Crippen LogP contribution in [0, 0.1) is 12.8 Å². The van der Waals surface area contributed by atoms with Gasteiger partial charge in [0, 0.05) is 36.3 Å². The van der Waals surface area contributed by atoms with Crippen LogP contribution in [0.3, 0.4) is 0 Å². The number of aryl methyl sites for hydroxylation is 1. The number of nitrogens with zero attached hydrogens (tertiary/aromatic N) is 1. The van der Waals surface area contributed by atoms with Gasteiger partial charge < -0.3 is 15.3 Å². The second-order valence-electron chi connectivity index (χ2n) is 5.96. The predicted octanol–water partition coefficient (Wildman–Crippen LogP) is 2.28. The molecule has 2 amide bonds. The van der Waals surface area contributed by atoms with Gasteiger partial charge in [-0.3, -0.25) is 9.59 Å². The standard InChI is InChI=1S/C17H23ClN2O3/c1-3-14(6-7-21)19-17(23)12-8-16(22)20(10-12)15-9-13(18)5-4-11(15)2/h4-5,9,12,14,21H,3,6-8,10H2,1-2H3,(H,19,23). The molecule has 0 spiro atoms. The average Bonchev–Trinajstić information content (AvgIpc) is 2.91. The van der Waals surface area contributed by atoms with Crippen LogP contribution >= 0.6 is 11.6 Å². The molecule has 1 fully saturated rings. The number of benzene rings is 1. The van der Waals surface area contributed by atoms with Crippen molar-refractivity contribution in [1.29, 1.82) is 0 Å². The van der Waals surface area contributed by atoms with Crippen molar-refractivity contribution in [3.05, 3.63) is 28.8 Å². The molecule has 5 nitrogen and oxygen atoms in total. The Labute approximate surface area is 141 Å². The monoisotopic (exact) mass is 338 g/mol. The number of aliphatic hydroxyl groups is 1. The number of anilines is 1. The van der Waals surface area contributed by atoms with Crippen LogP contribution < -0.4 is 10.2 Å². The summed E-state index contributed by atoms with van der Waals surface area (Å²) in [6.45, 7) is 4.28. The van der Waals surface area contributed by atoms with Crippen LogP contribution in [0.25, 0.3) is 0 Å². The molecule has 23 heavy (non-hydrogen) atoms. The molecule has 1 saturated heterocycles. The Bertz CT molecular complexity index is 591. The SMILES string of the molecule is CCC(CCO)NC(=O)C1CC(=O)N(c2cc(Cl)ccc2C)C1. The Kier molecular flexibility index (Phi) is 6.02. The lowest BCUT2D eigenvalue weighted by molar-refractivity contribution is -0.127. The summed E-state index contributed by atoms with van der Waals surface area (Å²) in [7, 11) is 0. The van der Waals surface area contributed by atoms with Crippen LogP contribution in [0.1, 0.15) is 31.7 Å². The number of carbonyl (C=O) groups excluding carboxylic acids is 2. The molecule has 0 radical (unpaired) electrons. The van der Waals surface area contributed by atoms with Crippen molar-refractivity contribution >= 4 is 29.1 Å². The topological polar surface area (TPSA) is 69.6 Å². The molecule has 2 rings (SSSR count). The number of rotatable bonds is 6. The van der Waals surface area contributed by atoms with Crippen molar-refractivity contribution in [1.82, 2.24) is 5.32 Å². The Balaban J connectivity index is 2.07. The third kappa shape index (κ3) is 4.24. The fourth-order valence-corrected chi connectivity index (χ4v) is 3.01. The van der Waals surface area contributed by atoms with E-state index in [9.17, 15) is 9.59 Å². The minimum absolute atomic E-state index is 0.0379. The summed E-state index contributed by atoms with van der Waals surface area (Å²) in [6.07, 6.45) is 1.48. The van der Waals surface area contributed by atoms with Crippen molar-refractivity contribution in [2.45, 2.75) is 39.2 Å². The molecule has 0 aromatic heterocycles. The number of amides is 2. The molecule has 1 aromatic rings. The van der Waals surface area contributed by atoms with E-state index in [1.165, 1.54) is 0 Å². The highest BCUT2D eigenvalue weighted by Gasteiger charge is 2.36. The van der Waals surface area contributed by atoms with Crippen LogP contribution in [0.15, 0.2) is 18.2 Å². The highest BCUT2D eigenvalue weighted by Crippen LogP contribution is 2.30. The van der Waals surface area contributed by atoms with E-state index >= 15 is 0 Å². The minimum Gasteiger partial charge on any atom is -0.396 e. The van der Waals surface area contributed by atoms with Crippen LogP contribution in [-0.4, -0.2) is 36.1 Å². The average molecular weight is 339 g/mol. The third-order valence-corrected chi connectivity index (χ3v) is 4.51. The van der Waals surface area contributed by atoms with E-state index < -0.39 is 0 Å². The molecule has 0 aliphatic carbocycles. The maximum Gasteiger partial charge on any atom is 0.227 e. The lowest BCUT2D eigenvalue weighted by Gasteiger charge is -2.21. The van der Waals surface area contributed by atoms with E-state index in [1.54, 1.807) is 17.0 Å². The van der Waals surface area contributed by atoms with Gasteiger partial charge in [-0.1, -0.05) is 24.6 Å². The van der Waals surface area contributed by atoms with Crippen molar-refractivity contribution in [3.63, 3.8) is 0 Å². The zero-order valence-electron chi connectivity index (χ0n) is 13.5.